The summed E-state index contributed by atoms with van der Waals surface area (Å²) in [6, 6.07) is 0. The average molecular weight is 145 g/mol. The number of allylic oxidation sites excluding steroid dienone is 3. The normalized spacial score (nSPS) is 27.1. The lowest BCUT2D eigenvalue weighted by molar-refractivity contribution is 0.419. The lowest BCUT2D eigenvalue weighted by atomic mass is 10.0. The van der Waals surface area contributed by atoms with E-state index in [1.54, 1.807) is 6.08 Å². The SMILES string of the molecule is CC1C=C(Cl)C(O)=CC1. The maximum atomic E-state index is 8.96. The van der Waals surface area contributed by atoms with E-state index in [1.807, 2.05) is 6.08 Å². The third-order valence-corrected chi connectivity index (χ3v) is 1.68. The molecule has 1 atom stereocenters. The molecule has 1 unspecified atom stereocenters. The van der Waals surface area contributed by atoms with Crippen LogP contribution in [0.15, 0.2) is 22.9 Å². The molecule has 0 aromatic rings. The van der Waals surface area contributed by atoms with Crippen LogP contribution < -0.4 is 0 Å². The summed E-state index contributed by atoms with van der Waals surface area (Å²) in [4.78, 5) is 0. The van der Waals surface area contributed by atoms with Crippen molar-refractivity contribution in [2.45, 2.75) is 13.3 Å². The Morgan fingerprint density at radius 2 is 2.44 bits per heavy atom. The summed E-state index contributed by atoms with van der Waals surface area (Å²) in [5, 5.41) is 9.44. The summed E-state index contributed by atoms with van der Waals surface area (Å²) in [5.74, 6) is 0.683. The molecular formula is C7H9ClO. The van der Waals surface area contributed by atoms with Crippen molar-refractivity contribution in [1.82, 2.24) is 0 Å². The molecule has 0 aliphatic heterocycles. The zero-order valence-corrected chi connectivity index (χ0v) is 6.02. The van der Waals surface area contributed by atoms with E-state index in [4.69, 9.17) is 16.7 Å². The van der Waals surface area contributed by atoms with Crippen molar-refractivity contribution in [3.05, 3.63) is 22.9 Å². The van der Waals surface area contributed by atoms with Crippen molar-refractivity contribution in [3.8, 4) is 0 Å². The molecule has 1 aliphatic carbocycles. The second-order valence-corrected chi connectivity index (χ2v) is 2.72. The van der Waals surface area contributed by atoms with E-state index in [-0.39, 0.29) is 5.76 Å². The van der Waals surface area contributed by atoms with E-state index in [1.165, 1.54) is 0 Å². The number of aliphatic hydroxyl groups is 1. The summed E-state index contributed by atoms with van der Waals surface area (Å²) in [6.07, 6.45) is 4.49. The Morgan fingerprint density at radius 1 is 1.78 bits per heavy atom. The van der Waals surface area contributed by atoms with Gasteiger partial charge in [0.25, 0.3) is 0 Å². The van der Waals surface area contributed by atoms with Gasteiger partial charge in [-0.1, -0.05) is 24.6 Å². The maximum absolute atomic E-state index is 8.96. The van der Waals surface area contributed by atoms with Crippen molar-refractivity contribution in [3.63, 3.8) is 0 Å². The number of halogens is 1. The molecule has 50 valence electrons. The fourth-order valence-corrected chi connectivity index (χ4v) is 1.09. The third kappa shape index (κ3) is 1.49. The smallest absolute Gasteiger partial charge is 0.129 e. The summed E-state index contributed by atoms with van der Waals surface area (Å²) < 4.78 is 0. The van der Waals surface area contributed by atoms with E-state index in [0.717, 1.165) is 6.42 Å². The first-order chi connectivity index (χ1) is 4.20. The van der Waals surface area contributed by atoms with Crippen LogP contribution in [0.2, 0.25) is 0 Å². The van der Waals surface area contributed by atoms with Crippen LogP contribution in [0, 0.1) is 5.92 Å². The van der Waals surface area contributed by atoms with Gasteiger partial charge in [-0.15, -0.1) is 0 Å². The highest BCUT2D eigenvalue weighted by atomic mass is 35.5. The molecule has 0 amide bonds. The van der Waals surface area contributed by atoms with Gasteiger partial charge in [0.05, 0.1) is 5.03 Å². The molecule has 1 aliphatic rings. The fourth-order valence-electron chi connectivity index (χ4n) is 0.798. The Bertz CT molecular complexity index is 170. The molecule has 0 spiro atoms. The molecular weight excluding hydrogens is 136 g/mol. The molecule has 0 aromatic carbocycles. The average Bonchev–Trinajstić information content (AvgIpc) is 1.80. The van der Waals surface area contributed by atoms with Crippen LogP contribution in [0.4, 0.5) is 0 Å². The van der Waals surface area contributed by atoms with Gasteiger partial charge in [0.1, 0.15) is 5.76 Å². The Hall–Kier alpha value is -0.430. The van der Waals surface area contributed by atoms with Gasteiger partial charge >= 0.3 is 0 Å². The standard InChI is InChI=1S/C7H9ClO/c1-5-2-3-7(9)6(8)4-5/h3-5,9H,2H2,1H3. The quantitative estimate of drug-likeness (QED) is 0.554. The molecule has 0 saturated heterocycles. The maximum Gasteiger partial charge on any atom is 0.129 e. The van der Waals surface area contributed by atoms with Gasteiger partial charge in [0.15, 0.2) is 0 Å². The first-order valence-corrected chi connectivity index (χ1v) is 3.35. The predicted octanol–water partition coefficient (Wildman–Crippen LogP) is 2.59. The molecule has 0 fully saturated rings. The molecule has 9 heavy (non-hydrogen) atoms. The van der Waals surface area contributed by atoms with Crippen LogP contribution in [-0.2, 0) is 0 Å². The van der Waals surface area contributed by atoms with Gasteiger partial charge in [-0.3, -0.25) is 0 Å². The Morgan fingerprint density at radius 3 is 2.89 bits per heavy atom. The highest BCUT2D eigenvalue weighted by molar-refractivity contribution is 6.31. The molecule has 0 aromatic heterocycles. The van der Waals surface area contributed by atoms with Crippen molar-refractivity contribution in [2.24, 2.45) is 5.92 Å². The molecule has 1 rings (SSSR count). The fraction of sp³-hybridized carbons (Fsp3) is 0.429. The molecule has 0 heterocycles. The second-order valence-electron chi connectivity index (χ2n) is 2.32. The van der Waals surface area contributed by atoms with E-state index in [9.17, 15) is 0 Å². The number of hydrogen-bond donors (Lipinski definition) is 1. The summed E-state index contributed by atoms with van der Waals surface area (Å²) in [6.45, 7) is 2.06. The molecule has 2 heteroatoms. The van der Waals surface area contributed by atoms with Gasteiger partial charge < -0.3 is 5.11 Å². The monoisotopic (exact) mass is 144 g/mol. The number of aliphatic hydroxyl groups excluding tert-OH is 1. The lowest BCUT2D eigenvalue weighted by Crippen LogP contribution is -1.96. The van der Waals surface area contributed by atoms with E-state index < -0.39 is 0 Å². The molecule has 1 N–H and O–H groups in total. The van der Waals surface area contributed by atoms with E-state index >= 15 is 0 Å². The van der Waals surface area contributed by atoms with Crippen molar-refractivity contribution < 1.29 is 5.11 Å². The van der Waals surface area contributed by atoms with Gasteiger partial charge in [0.2, 0.25) is 0 Å². The zero-order chi connectivity index (χ0) is 6.85. The van der Waals surface area contributed by atoms with Gasteiger partial charge in [-0.05, 0) is 18.4 Å². The van der Waals surface area contributed by atoms with Gasteiger partial charge in [0, 0.05) is 0 Å². The highest BCUT2D eigenvalue weighted by Gasteiger charge is 2.08. The molecule has 1 nitrogen and oxygen atoms in total. The molecule has 0 radical (unpaired) electrons. The van der Waals surface area contributed by atoms with Crippen molar-refractivity contribution >= 4 is 11.6 Å². The minimum atomic E-state index is 0.217. The highest BCUT2D eigenvalue weighted by Crippen LogP contribution is 2.22. The third-order valence-electron chi connectivity index (χ3n) is 1.36. The minimum Gasteiger partial charge on any atom is -0.507 e. The second kappa shape index (κ2) is 2.44. The van der Waals surface area contributed by atoms with Crippen LogP contribution in [0.1, 0.15) is 13.3 Å². The Balaban J connectivity index is 2.75. The van der Waals surface area contributed by atoms with E-state index in [0.29, 0.717) is 11.0 Å². The number of rotatable bonds is 0. The van der Waals surface area contributed by atoms with Crippen molar-refractivity contribution in [1.29, 1.82) is 0 Å². The van der Waals surface area contributed by atoms with E-state index in [2.05, 4.69) is 6.92 Å². The van der Waals surface area contributed by atoms with Crippen LogP contribution in [0.25, 0.3) is 0 Å². The van der Waals surface area contributed by atoms with Gasteiger partial charge in [-0.2, -0.15) is 0 Å². The molecule has 0 bridgehead atoms. The van der Waals surface area contributed by atoms with Crippen molar-refractivity contribution in [2.75, 3.05) is 0 Å². The zero-order valence-electron chi connectivity index (χ0n) is 5.26. The topological polar surface area (TPSA) is 20.2 Å². The summed E-state index contributed by atoms with van der Waals surface area (Å²) >= 11 is 5.60. The van der Waals surface area contributed by atoms with Crippen LogP contribution in [0.3, 0.4) is 0 Å². The predicted molar refractivity (Wildman–Crippen MR) is 38.4 cm³/mol. The Kier molecular flexibility index (Phi) is 1.81. The molecule has 0 saturated carbocycles. The lowest BCUT2D eigenvalue weighted by Gasteiger charge is -2.09. The number of hydrogen-bond acceptors (Lipinski definition) is 1. The van der Waals surface area contributed by atoms with Crippen LogP contribution in [0.5, 0.6) is 0 Å². The first-order valence-electron chi connectivity index (χ1n) is 2.97. The summed E-state index contributed by atoms with van der Waals surface area (Å²) in [5.41, 5.74) is 0. The van der Waals surface area contributed by atoms with Crippen LogP contribution in [-0.4, -0.2) is 5.11 Å². The summed E-state index contributed by atoms with van der Waals surface area (Å²) in [7, 11) is 0. The minimum absolute atomic E-state index is 0.217. The van der Waals surface area contributed by atoms with Gasteiger partial charge in [-0.25, -0.2) is 0 Å². The first kappa shape index (κ1) is 6.69. The largest absolute Gasteiger partial charge is 0.507 e. The van der Waals surface area contributed by atoms with Crippen LogP contribution >= 0.6 is 11.6 Å². The Labute approximate surface area is 59.6 Å².